The number of hydrogen-bond donors (Lipinski definition) is 2. The molecule has 150 valence electrons. The van der Waals surface area contributed by atoms with E-state index in [9.17, 15) is 9.59 Å². The highest BCUT2D eigenvalue weighted by atomic mass is 16.5. The molecule has 0 radical (unpaired) electrons. The van der Waals surface area contributed by atoms with Crippen LogP contribution in [-0.2, 0) is 19.1 Å². The van der Waals surface area contributed by atoms with E-state index in [1.807, 2.05) is 27.7 Å². The van der Waals surface area contributed by atoms with E-state index in [2.05, 4.69) is 20.4 Å². The van der Waals surface area contributed by atoms with Crippen LogP contribution in [0.1, 0.15) is 27.7 Å². The first kappa shape index (κ1) is 21.1. The Balaban J connectivity index is 1.56. The SMILES string of the molecule is C[C@@H]1CN(CC(=O)NCCNC(=O)CN2C[C@@H](C)O[C@@H](C)C2)C[C@H](C)O1. The van der Waals surface area contributed by atoms with Crippen molar-refractivity contribution in [2.45, 2.75) is 52.1 Å². The molecular weight excluding hydrogens is 336 g/mol. The van der Waals surface area contributed by atoms with Gasteiger partial charge in [-0.2, -0.15) is 0 Å². The fourth-order valence-corrected chi connectivity index (χ4v) is 3.75. The Morgan fingerprint density at radius 1 is 0.731 bits per heavy atom. The number of carbonyl (C=O) groups is 2. The highest BCUT2D eigenvalue weighted by Crippen LogP contribution is 2.10. The number of amides is 2. The minimum absolute atomic E-state index is 0.0172. The van der Waals surface area contributed by atoms with Crippen LogP contribution in [0.5, 0.6) is 0 Å². The Morgan fingerprint density at radius 3 is 1.35 bits per heavy atom. The van der Waals surface area contributed by atoms with E-state index < -0.39 is 0 Å². The van der Waals surface area contributed by atoms with Crippen LogP contribution >= 0.6 is 0 Å². The molecule has 2 N–H and O–H groups in total. The zero-order valence-corrected chi connectivity index (χ0v) is 16.5. The van der Waals surface area contributed by atoms with E-state index in [4.69, 9.17) is 9.47 Å². The Labute approximate surface area is 156 Å². The largest absolute Gasteiger partial charge is 0.373 e. The van der Waals surface area contributed by atoms with Crippen molar-refractivity contribution in [2.75, 3.05) is 52.4 Å². The van der Waals surface area contributed by atoms with Gasteiger partial charge in [0.25, 0.3) is 0 Å². The van der Waals surface area contributed by atoms with Crippen molar-refractivity contribution in [1.29, 1.82) is 0 Å². The third-order valence-electron chi connectivity index (χ3n) is 4.49. The molecular formula is C18H34N4O4. The van der Waals surface area contributed by atoms with Gasteiger partial charge >= 0.3 is 0 Å². The number of hydrogen-bond acceptors (Lipinski definition) is 6. The Morgan fingerprint density at radius 2 is 1.04 bits per heavy atom. The number of nitrogens with one attached hydrogen (secondary N) is 2. The molecule has 8 heteroatoms. The van der Waals surface area contributed by atoms with Gasteiger partial charge in [0.05, 0.1) is 37.5 Å². The first-order chi connectivity index (χ1) is 12.3. The van der Waals surface area contributed by atoms with E-state index in [1.54, 1.807) is 0 Å². The summed E-state index contributed by atoms with van der Waals surface area (Å²) in [6.07, 6.45) is 0.598. The predicted molar refractivity (Wildman–Crippen MR) is 98.9 cm³/mol. The molecule has 0 aliphatic carbocycles. The number of morpholine rings is 2. The number of ether oxygens (including phenoxy) is 2. The summed E-state index contributed by atoms with van der Waals surface area (Å²) in [4.78, 5) is 28.3. The van der Waals surface area contributed by atoms with Gasteiger partial charge in [0, 0.05) is 39.3 Å². The summed E-state index contributed by atoms with van der Waals surface area (Å²) in [7, 11) is 0. The maximum atomic E-state index is 12.0. The van der Waals surface area contributed by atoms with Gasteiger partial charge in [0.2, 0.25) is 11.8 Å². The fraction of sp³-hybridized carbons (Fsp3) is 0.889. The molecule has 2 rings (SSSR count). The van der Waals surface area contributed by atoms with Gasteiger partial charge in [0.15, 0.2) is 0 Å². The smallest absolute Gasteiger partial charge is 0.234 e. The summed E-state index contributed by atoms with van der Waals surface area (Å²) >= 11 is 0. The third kappa shape index (κ3) is 7.57. The highest BCUT2D eigenvalue weighted by molar-refractivity contribution is 5.79. The molecule has 8 nitrogen and oxygen atoms in total. The molecule has 0 aromatic carbocycles. The molecule has 2 fully saturated rings. The van der Waals surface area contributed by atoms with Gasteiger partial charge < -0.3 is 20.1 Å². The van der Waals surface area contributed by atoms with E-state index >= 15 is 0 Å². The molecule has 2 amide bonds. The van der Waals surface area contributed by atoms with Gasteiger partial charge in [-0.05, 0) is 27.7 Å². The molecule has 2 aliphatic rings. The molecule has 0 unspecified atom stereocenters. The van der Waals surface area contributed by atoms with Crippen LogP contribution in [0.4, 0.5) is 0 Å². The second-order valence-corrected chi connectivity index (χ2v) is 7.60. The zero-order valence-electron chi connectivity index (χ0n) is 16.5. The van der Waals surface area contributed by atoms with Gasteiger partial charge in [-0.3, -0.25) is 19.4 Å². The molecule has 0 saturated carbocycles. The quantitative estimate of drug-likeness (QED) is 0.585. The first-order valence-corrected chi connectivity index (χ1v) is 9.61. The lowest BCUT2D eigenvalue weighted by molar-refractivity contribution is -0.127. The van der Waals surface area contributed by atoms with Crippen LogP contribution in [0, 0.1) is 0 Å². The third-order valence-corrected chi connectivity index (χ3v) is 4.49. The fourth-order valence-electron chi connectivity index (χ4n) is 3.75. The lowest BCUT2D eigenvalue weighted by atomic mass is 10.2. The summed E-state index contributed by atoms with van der Waals surface area (Å²) in [6.45, 7) is 12.8. The van der Waals surface area contributed by atoms with Crippen molar-refractivity contribution in [3.05, 3.63) is 0 Å². The van der Waals surface area contributed by atoms with Crippen molar-refractivity contribution >= 4 is 11.8 Å². The first-order valence-electron chi connectivity index (χ1n) is 9.61. The summed E-state index contributed by atoms with van der Waals surface area (Å²) in [6, 6.07) is 0. The topological polar surface area (TPSA) is 83.1 Å². The van der Waals surface area contributed by atoms with Gasteiger partial charge in [0.1, 0.15) is 0 Å². The molecule has 26 heavy (non-hydrogen) atoms. The molecule has 0 spiro atoms. The van der Waals surface area contributed by atoms with Gasteiger partial charge in [-0.1, -0.05) is 0 Å². The minimum Gasteiger partial charge on any atom is -0.373 e. The molecule has 0 aromatic rings. The predicted octanol–water partition coefficient (Wildman–Crippen LogP) is -0.563. The van der Waals surface area contributed by atoms with E-state index in [-0.39, 0.29) is 36.2 Å². The zero-order chi connectivity index (χ0) is 19.1. The standard InChI is InChI=1S/C18H34N4O4/c1-13-7-21(8-14(2)25-13)11-17(23)19-5-6-20-18(24)12-22-9-15(3)26-16(4)10-22/h13-16H,5-12H2,1-4H3,(H,19,23)(H,20,24)/t13-,14+,15-,16+. The molecule has 2 aliphatic heterocycles. The lowest BCUT2D eigenvalue weighted by Gasteiger charge is -2.35. The van der Waals surface area contributed by atoms with Crippen LogP contribution in [0.25, 0.3) is 0 Å². The average Bonchev–Trinajstić information content (AvgIpc) is 2.49. The summed E-state index contributed by atoms with van der Waals surface area (Å²) < 4.78 is 11.3. The number of nitrogens with zero attached hydrogens (tertiary/aromatic N) is 2. The molecule has 4 atom stereocenters. The minimum atomic E-state index is -0.0172. The normalized spacial score (nSPS) is 30.8. The molecule has 2 saturated heterocycles. The molecule has 2 heterocycles. The average molecular weight is 370 g/mol. The van der Waals surface area contributed by atoms with Gasteiger partial charge in [-0.15, -0.1) is 0 Å². The van der Waals surface area contributed by atoms with E-state index in [1.165, 1.54) is 0 Å². The summed E-state index contributed by atoms with van der Waals surface area (Å²) in [5.74, 6) is -0.0345. The van der Waals surface area contributed by atoms with Gasteiger partial charge in [-0.25, -0.2) is 0 Å². The monoisotopic (exact) mass is 370 g/mol. The summed E-state index contributed by atoms with van der Waals surface area (Å²) in [5.41, 5.74) is 0. The number of carbonyl (C=O) groups excluding carboxylic acids is 2. The van der Waals surface area contributed by atoms with Crippen LogP contribution < -0.4 is 10.6 Å². The lowest BCUT2D eigenvalue weighted by Crippen LogP contribution is -2.50. The highest BCUT2D eigenvalue weighted by Gasteiger charge is 2.24. The Bertz CT molecular complexity index is 414. The maximum absolute atomic E-state index is 12.0. The second-order valence-electron chi connectivity index (χ2n) is 7.60. The summed E-state index contributed by atoms with van der Waals surface area (Å²) in [5, 5.41) is 5.73. The Hall–Kier alpha value is -1.22. The van der Waals surface area contributed by atoms with Crippen molar-refractivity contribution < 1.29 is 19.1 Å². The molecule has 0 aromatic heterocycles. The van der Waals surface area contributed by atoms with Crippen molar-refractivity contribution in [3.8, 4) is 0 Å². The number of rotatable bonds is 7. The van der Waals surface area contributed by atoms with E-state index in [0.29, 0.717) is 26.2 Å². The van der Waals surface area contributed by atoms with E-state index in [0.717, 1.165) is 26.2 Å². The van der Waals surface area contributed by atoms with Crippen LogP contribution in [0.15, 0.2) is 0 Å². The van der Waals surface area contributed by atoms with Crippen molar-refractivity contribution in [1.82, 2.24) is 20.4 Å². The molecule has 0 bridgehead atoms. The second kappa shape index (κ2) is 10.2. The van der Waals surface area contributed by atoms with Crippen LogP contribution in [0.2, 0.25) is 0 Å². The maximum Gasteiger partial charge on any atom is 0.234 e. The van der Waals surface area contributed by atoms with Crippen molar-refractivity contribution in [2.24, 2.45) is 0 Å². The van der Waals surface area contributed by atoms with Crippen molar-refractivity contribution in [3.63, 3.8) is 0 Å². The van der Waals surface area contributed by atoms with Crippen LogP contribution in [0.3, 0.4) is 0 Å². The van der Waals surface area contributed by atoms with Crippen LogP contribution in [-0.4, -0.2) is 98.4 Å². The Kier molecular flexibility index (Phi) is 8.27.